The van der Waals surface area contributed by atoms with Crippen LogP contribution in [0.25, 0.3) is 21.9 Å². The van der Waals surface area contributed by atoms with Gasteiger partial charge in [-0.1, -0.05) is 30.3 Å². The highest BCUT2D eigenvalue weighted by atomic mass is 32.1. The fourth-order valence-corrected chi connectivity index (χ4v) is 3.42. The number of rotatable bonds is 5. The van der Waals surface area contributed by atoms with Crippen molar-refractivity contribution >= 4 is 34.2 Å². The molecule has 0 amide bonds. The lowest BCUT2D eigenvalue weighted by Crippen LogP contribution is -2.30. The van der Waals surface area contributed by atoms with Crippen LogP contribution in [0.15, 0.2) is 52.1 Å². The van der Waals surface area contributed by atoms with Crippen LogP contribution in [0.4, 0.5) is 0 Å². The van der Waals surface area contributed by atoms with Gasteiger partial charge in [-0.05, 0) is 35.1 Å². The van der Waals surface area contributed by atoms with E-state index in [-0.39, 0.29) is 23.4 Å². The number of aromatic amines is 2. The molecule has 0 spiro atoms. The van der Waals surface area contributed by atoms with Crippen molar-refractivity contribution < 1.29 is 9.84 Å². The first-order valence-corrected chi connectivity index (χ1v) is 9.06. The first kappa shape index (κ1) is 18.2. The number of aliphatic hydroxyl groups is 1. The maximum atomic E-state index is 12.2. The van der Waals surface area contributed by atoms with Gasteiger partial charge in [-0.2, -0.15) is 0 Å². The zero-order chi connectivity index (χ0) is 19.8. The highest BCUT2D eigenvalue weighted by Crippen LogP contribution is 2.20. The number of nitrogens with zero attached hydrogens (tertiary/aromatic N) is 2. The van der Waals surface area contributed by atoms with Crippen molar-refractivity contribution in [2.45, 2.75) is 12.6 Å². The van der Waals surface area contributed by atoms with Crippen LogP contribution in [-0.2, 0) is 13.6 Å². The molecule has 0 aliphatic rings. The molecule has 3 N–H and O–H groups in total. The van der Waals surface area contributed by atoms with E-state index in [0.29, 0.717) is 11.4 Å². The molecule has 144 valence electrons. The topological polar surface area (TPSA) is 105 Å². The molecule has 0 bridgehead atoms. The van der Waals surface area contributed by atoms with Gasteiger partial charge >= 0.3 is 5.69 Å². The fraction of sp³-hybridized carbons (Fsp3) is 0.211. The Bertz CT molecular complexity index is 1350. The SMILES string of the molecule is Cn1c(=O)[nH]c(=O)c2c1[nH]c(=S)n2C[C@H](O)COc1ccc2ccccc2c1. The van der Waals surface area contributed by atoms with Crippen LogP contribution in [0.2, 0.25) is 0 Å². The summed E-state index contributed by atoms with van der Waals surface area (Å²) < 4.78 is 8.68. The Hall–Kier alpha value is -3.17. The maximum Gasteiger partial charge on any atom is 0.329 e. The number of nitrogens with one attached hydrogen (secondary N) is 2. The predicted molar refractivity (Wildman–Crippen MR) is 108 cm³/mol. The number of benzene rings is 2. The van der Waals surface area contributed by atoms with Crippen molar-refractivity contribution in [2.24, 2.45) is 7.05 Å². The second kappa shape index (κ2) is 7.10. The molecule has 0 aliphatic heterocycles. The molecule has 0 aliphatic carbocycles. The number of aliphatic hydroxyl groups excluding tert-OH is 1. The third-order valence-corrected chi connectivity index (χ3v) is 4.92. The number of imidazole rings is 1. The highest BCUT2D eigenvalue weighted by Gasteiger charge is 2.16. The van der Waals surface area contributed by atoms with Crippen molar-refractivity contribution in [2.75, 3.05) is 6.61 Å². The molecule has 0 fully saturated rings. The molecule has 0 saturated carbocycles. The third-order valence-electron chi connectivity index (χ3n) is 4.60. The van der Waals surface area contributed by atoms with E-state index in [1.807, 2.05) is 42.5 Å². The number of hydrogen-bond donors (Lipinski definition) is 3. The highest BCUT2D eigenvalue weighted by molar-refractivity contribution is 7.71. The quantitative estimate of drug-likeness (QED) is 0.444. The van der Waals surface area contributed by atoms with Crippen LogP contribution in [-0.4, -0.2) is 36.9 Å². The van der Waals surface area contributed by atoms with Crippen LogP contribution in [0.5, 0.6) is 5.75 Å². The van der Waals surface area contributed by atoms with Crippen molar-refractivity contribution in [3.8, 4) is 5.75 Å². The number of aryl methyl sites for hydroxylation is 1. The van der Waals surface area contributed by atoms with Crippen molar-refractivity contribution in [3.05, 3.63) is 68.1 Å². The monoisotopic (exact) mass is 398 g/mol. The lowest BCUT2D eigenvalue weighted by molar-refractivity contribution is 0.0931. The Morgan fingerprint density at radius 3 is 2.68 bits per heavy atom. The number of aromatic nitrogens is 4. The summed E-state index contributed by atoms with van der Waals surface area (Å²) in [5.41, 5.74) is -0.590. The Labute approximate surface area is 163 Å². The molecule has 0 saturated heterocycles. The van der Waals surface area contributed by atoms with Crippen LogP contribution in [0.3, 0.4) is 0 Å². The van der Waals surface area contributed by atoms with E-state index in [0.717, 1.165) is 10.8 Å². The zero-order valence-corrected chi connectivity index (χ0v) is 15.8. The minimum absolute atomic E-state index is 0.0243. The van der Waals surface area contributed by atoms with E-state index < -0.39 is 17.4 Å². The molecule has 9 heteroatoms. The van der Waals surface area contributed by atoms with Gasteiger partial charge in [-0.3, -0.25) is 14.3 Å². The minimum Gasteiger partial charge on any atom is -0.491 e. The first-order chi connectivity index (χ1) is 13.4. The first-order valence-electron chi connectivity index (χ1n) is 8.65. The number of hydrogen-bond acceptors (Lipinski definition) is 5. The summed E-state index contributed by atoms with van der Waals surface area (Å²) in [4.78, 5) is 29.0. The average Bonchev–Trinajstić information content (AvgIpc) is 3.01. The van der Waals surface area contributed by atoms with E-state index >= 15 is 0 Å². The molecule has 0 radical (unpaired) electrons. The summed E-state index contributed by atoms with van der Waals surface area (Å²) in [5.74, 6) is 0.639. The van der Waals surface area contributed by atoms with Gasteiger partial charge in [-0.15, -0.1) is 0 Å². The lowest BCUT2D eigenvalue weighted by Gasteiger charge is -2.14. The molecule has 28 heavy (non-hydrogen) atoms. The van der Waals surface area contributed by atoms with Crippen LogP contribution >= 0.6 is 12.2 Å². The molecule has 2 aromatic heterocycles. The lowest BCUT2D eigenvalue weighted by atomic mass is 10.1. The second-order valence-electron chi connectivity index (χ2n) is 6.53. The van der Waals surface area contributed by atoms with Crippen molar-refractivity contribution in [1.82, 2.24) is 19.1 Å². The molecule has 8 nitrogen and oxygen atoms in total. The molecule has 2 heterocycles. The van der Waals surface area contributed by atoms with E-state index in [1.165, 1.54) is 16.2 Å². The second-order valence-corrected chi connectivity index (χ2v) is 6.92. The minimum atomic E-state index is -0.909. The fourth-order valence-electron chi connectivity index (χ4n) is 3.16. The third kappa shape index (κ3) is 3.25. The zero-order valence-electron chi connectivity index (χ0n) is 15.0. The summed E-state index contributed by atoms with van der Waals surface area (Å²) in [6, 6.07) is 13.6. The molecule has 4 rings (SSSR count). The van der Waals surface area contributed by atoms with E-state index in [4.69, 9.17) is 17.0 Å². The van der Waals surface area contributed by atoms with E-state index in [1.54, 1.807) is 0 Å². The van der Waals surface area contributed by atoms with E-state index in [2.05, 4.69) is 9.97 Å². The Morgan fingerprint density at radius 1 is 1.14 bits per heavy atom. The van der Waals surface area contributed by atoms with Crippen LogP contribution in [0.1, 0.15) is 0 Å². The van der Waals surface area contributed by atoms with Crippen LogP contribution < -0.4 is 16.0 Å². The average molecular weight is 398 g/mol. The molecule has 2 aromatic carbocycles. The van der Waals surface area contributed by atoms with Gasteiger partial charge in [0.15, 0.2) is 10.3 Å². The molecular formula is C19H18N4O4S. The van der Waals surface area contributed by atoms with Gasteiger partial charge in [0.2, 0.25) is 0 Å². The molecule has 1 atom stereocenters. The van der Waals surface area contributed by atoms with Crippen molar-refractivity contribution in [1.29, 1.82) is 0 Å². The maximum absolute atomic E-state index is 12.2. The summed E-state index contributed by atoms with van der Waals surface area (Å²) in [5, 5.41) is 12.6. The Balaban J connectivity index is 1.55. The summed E-state index contributed by atoms with van der Waals surface area (Å²) in [6.07, 6.45) is -0.909. The van der Waals surface area contributed by atoms with Crippen molar-refractivity contribution in [3.63, 3.8) is 0 Å². The van der Waals surface area contributed by atoms with Gasteiger partial charge in [0.1, 0.15) is 24.1 Å². The molecule has 0 unspecified atom stereocenters. The molecule has 4 aromatic rings. The Morgan fingerprint density at radius 2 is 1.89 bits per heavy atom. The van der Waals surface area contributed by atoms with Gasteiger partial charge < -0.3 is 19.4 Å². The number of ether oxygens (including phenoxy) is 1. The van der Waals surface area contributed by atoms with Crippen LogP contribution in [0, 0.1) is 4.77 Å². The summed E-state index contributed by atoms with van der Waals surface area (Å²) >= 11 is 5.25. The standard InChI is InChI=1S/C19H18N4O4S/c1-22-16-15(17(25)21-18(22)26)23(19(28)20-16)9-13(24)10-27-14-7-6-11-4-2-3-5-12(11)8-14/h2-8,13,24H,9-10H2,1H3,(H,20,28)(H,21,25,26)/t13-/m0/s1. The number of fused-ring (bicyclic) bond motifs is 2. The van der Waals surface area contributed by atoms with E-state index in [9.17, 15) is 14.7 Å². The Kier molecular flexibility index (Phi) is 4.62. The van der Waals surface area contributed by atoms with Gasteiger partial charge in [-0.25, -0.2) is 4.79 Å². The summed E-state index contributed by atoms with van der Waals surface area (Å²) in [7, 11) is 1.52. The van der Waals surface area contributed by atoms with Gasteiger partial charge in [0, 0.05) is 7.05 Å². The van der Waals surface area contributed by atoms with Gasteiger partial charge in [0.25, 0.3) is 5.56 Å². The predicted octanol–water partition coefficient (Wildman–Crippen LogP) is 1.68. The largest absolute Gasteiger partial charge is 0.491 e. The van der Waals surface area contributed by atoms with Gasteiger partial charge in [0.05, 0.1) is 6.54 Å². The normalized spacial score (nSPS) is 12.5. The smallest absolute Gasteiger partial charge is 0.329 e. The molecular weight excluding hydrogens is 380 g/mol. The summed E-state index contributed by atoms with van der Waals surface area (Å²) in [6.45, 7) is 0.0736. The number of H-pyrrole nitrogens is 2.